The fourth-order valence-electron chi connectivity index (χ4n) is 3.46. The molecule has 0 unspecified atom stereocenters. The number of piperazine rings is 1. The van der Waals surface area contributed by atoms with Crippen LogP contribution in [0.15, 0.2) is 48.5 Å². The van der Waals surface area contributed by atoms with Gasteiger partial charge in [0.25, 0.3) is 0 Å². The second-order valence-electron chi connectivity index (χ2n) is 7.80. The molecule has 0 spiro atoms. The molecule has 0 saturated carbocycles. The fourth-order valence-corrected chi connectivity index (χ4v) is 3.69. The molecule has 2 aromatic carbocycles. The van der Waals surface area contributed by atoms with E-state index in [0.29, 0.717) is 39.3 Å². The minimum Gasteiger partial charge on any atom is -0.492 e. The smallest absolute Gasteiger partial charge is 0.417 e. The van der Waals surface area contributed by atoms with Crippen LogP contribution in [0.3, 0.4) is 0 Å². The third-order valence-corrected chi connectivity index (χ3v) is 5.52. The summed E-state index contributed by atoms with van der Waals surface area (Å²) in [6.45, 7) is 3.38. The molecule has 0 aromatic heterocycles. The summed E-state index contributed by atoms with van der Waals surface area (Å²) in [7, 11) is 0. The number of halogens is 4. The number of nitrogens with one attached hydrogen (secondary N) is 2. The van der Waals surface area contributed by atoms with Crippen LogP contribution in [0, 0.1) is 0 Å². The van der Waals surface area contributed by atoms with Crippen LogP contribution in [0.1, 0.15) is 5.56 Å². The lowest BCUT2D eigenvalue weighted by molar-refractivity contribution is -0.137. The Morgan fingerprint density at radius 3 is 2.18 bits per heavy atom. The molecular formula is C23H26ClF3N4O3. The molecule has 2 aromatic rings. The zero-order chi connectivity index (χ0) is 24.6. The van der Waals surface area contributed by atoms with Gasteiger partial charge in [-0.25, -0.2) is 0 Å². The molecule has 1 fully saturated rings. The molecular weight excluding hydrogens is 473 g/mol. The average molecular weight is 499 g/mol. The SMILES string of the molecule is O=C(CN1CCN(CC(=O)Nc2ccc(Cl)c(C(F)(F)F)c2)CC1)NCCOc1ccccc1. The van der Waals surface area contributed by atoms with Crippen LogP contribution in [0.4, 0.5) is 18.9 Å². The summed E-state index contributed by atoms with van der Waals surface area (Å²) < 4.78 is 44.5. The van der Waals surface area contributed by atoms with E-state index < -0.39 is 22.7 Å². The number of amides is 2. The number of para-hydroxylation sites is 1. The Hall–Kier alpha value is -2.82. The van der Waals surface area contributed by atoms with Gasteiger partial charge in [0, 0.05) is 31.9 Å². The standard InChI is InChI=1S/C23H26ClF3N4O3/c24-20-7-6-17(14-19(20)23(25,26)27)29-22(33)16-31-11-9-30(10-12-31)15-21(32)28-8-13-34-18-4-2-1-3-5-18/h1-7,14H,8-13,15-16H2,(H,28,32)(H,29,33). The van der Waals surface area contributed by atoms with Gasteiger partial charge in [0.15, 0.2) is 0 Å². The second-order valence-corrected chi connectivity index (χ2v) is 8.21. The van der Waals surface area contributed by atoms with Crippen molar-refractivity contribution in [1.82, 2.24) is 15.1 Å². The first kappa shape index (κ1) is 25.8. The van der Waals surface area contributed by atoms with Gasteiger partial charge in [-0.3, -0.25) is 19.4 Å². The van der Waals surface area contributed by atoms with E-state index in [-0.39, 0.29) is 24.7 Å². The van der Waals surface area contributed by atoms with Crippen molar-refractivity contribution in [3.8, 4) is 5.75 Å². The van der Waals surface area contributed by atoms with Gasteiger partial charge in [-0.15, -0.1) is 0 Å². The average Bonchev–Trinajstić information content (AvgIpc) is 2.79. The van der Waals surface area contributed by atoms with Crippen molar-refractivity contribution in [3.63, 3.8) is 0 Å². The largest absolute Gasteiger partial charge is 0.492 e. The molecule has 1 aliphatic rings. The number of hydrogen-bond donors (Lipinski definition) is 2. The molecule has 0 aliphatic carbocycles. The Morgan fingerprint density at radius 1 is 0.941 bits per heavy atom. The van der Waals surface area contributed by atoms with Crippen molar-refractivity contribution < 1.29 is 27.5 Å². The van der Waals surface area contributed by atoms with Crippen LogP contribution in [0.2, 0.25) is 5.02 Å². The summed E-state index contributed by atoms with van der Waals surface area (Å²) >= 11 is 5.60. The molecule has 34 heavy (non-hydrogen) atoms. The van der Waals surface area contributed by atoms with Crippen molar-refractivity contribution in [2.45, 2.75) is 6.18 Å². The maximum atomic E-state index is 13.0. The Morgan fingerprint density at radius 2 is 1.56 bits per heavy atom. The molecule has 1 saturated heterocycles. The minimum atomic E-state index is -4.60. The number of rotatable bonds is 9. The maximum absolute atomic E-state index is 13.0. The zero-order valence-corrected chi connectivity index (χ0v) is 19.2. The second kappa shape index (κ2) is 12.0. The van der Waals surface area contributed by atoms with Gasteiger partial charge < -0.3 is 15.4 Å². The highest BCUT2D eigenvalue weighted by atomic mass is 35.5. The maximum Gasteiger partial charge on any atom is 0.417 e. The van der Waals surface area contributed by atoms with E-state index in [1.165, 1.54) is 6.07 Å². The van der Waals surface area contributed by atoms with Crippen LogP contribution < -0.4 is 15.4 Å². The molecule has 0 radical (unpaired) electrons. The number of carbonyl (C=O) groups is 2. The number of hydrogen-bond acceptors (Lipinski definition) is 5. The summed E-state index contributed by atoms with van der Waals surface area (Å²) in [4.78, 5) is 28.3. The van der Waals surface area contributed by atoms with Crippen LogP contribution >= 0.6 is 11.6 Å². The van der Waals surface area contributed by atoms with E-state index in [1.54, 1.807) is 0 Å². The number of benzene rings is 2. The normalized spacial score (nSPS) is 15.1. The van der Waals surface area contributed by atoms with Crippen molar-refractivity contribution in [2.24, 2.45) is 0 Å². The Balaban J connectivity index is 1.34. The van der Waals surface area contributed by atoms with Gasteiger partial charge in [0.2, 0.25) is 11.8 Å². The third kappa shape index (κ3) is 8.19. The number of nitrogens with zero attached hydrogens (tertiary/aromatic N) is 2. The van der Waals surface area contributed by atoms with E-state index in [4.69, 9.17) is 16.3 Å². The van der Waals surface area contributed by atoms with Gasteiger partial charge in [0.05, 0.1) is 30.2 Å². The molecule has 11 heteroatoms. The molecule has 0 bridgehead atoms. The van der Waals surface area contributed by atoms with Gasteiger partial charge in [0.1, 0.15) is 12.4 Å². The highest BCUT2D eigenvalue weighted by molar-refractivity contribution is 6.31. The van der Waals surface area contributed by atoms with Crippen molar-refractivity contribution in [1.29, 1.82) is 0 Å². The van der Waals surface area contributed by atoms with Crippen LogP contribution in [-0.2, 0) is 15.8 Å². The summed E-state index contributed by atoms with van der Waals surface area (Å²) in [5.41, 5.74) is -0.959. The lowest BCUT2D eigenvalue weighted by Gasteiger charge is -2.33. The Labute approximate surface area is 200 Å². The summed E-state index contributed by atoms with van der Waals surface area (Å²) in [5, 5.41) is 4.88. The highest BCUT2D eigenvalue weighted by Crippen LogP contribution is 2.36. The first-order valence-electron chi connectivity index (χ1n) is 10.8. The van der Waals surface area contributed by atoms with Gasteiger partial charge in [-0.1, -0.05) is 29.8 Å². The highest BCUT2D eigenvalue weighted by Gasteiger charge is 2.33. The topological polar surface area (TPSA) is 73.9 Å². The Bertz CT molecular complexity index is 968. The van der Waals surface area contributed by atoms with Gasteiger partial charge >= 0.3 is 6.18 Å². The monoisotopic (exact) mass is 498 g/mol. The lowest BCUT2D eigenvalue weighted by Crippen LogP contribution is -2.51. The van der Waals surface area contributed by atoms with Crippen LogP contribution in [-0.4, -0.2) is 74.0 Å². The quantitative estimate of drug-likeness (QED) is 0.520. The number of anilines is 1. The van der Waals surface area contributed by atoms with E-state index in [2.05, 4.69) is 10.6 Å². The van der Waals surface area contributed by atoms with Crippen molar-refractivity contribution in [2.75, 3.05) is 57.7 Å². The van der Waals surface area contributed by atoms with Crippen molar-refractivity contribution >= 4 is 29.1 Å². The molecule has 1 heterocycles. The molecule has 1 aliphatic heterocycles. The molecule has 184 valence electrons. The first-order valence-corrected chi connectivity index (χ1v) is 11.1. The zero-order valence-electron chi connectivity index (χ0n) is 18.4. The van der Waals surface area contributed by atoms with Crippen molar-refractivity contribution in [3.05, 3.63) is 59.1 Å². The molecule has 3 rings (SSSR count). The minimum absolute atomic E-state index is 0.0354. The number of carbonyl (C=O) groups excluding carboxylic acids is 2. The lowest BCUT2D eigenvalue weighted by atomic mass is 10.2. The van der Waals surface area contributed by atoms with Crippen LogP contribution in [0.25, 0.3) is 0 Å². The summed E-state index contributed by atoms with van der Waals surface area (Å²) in [6, 6.07) is 12.6. The van der Waals surface area contributed by atoms with E-state index in [1.807, 2.05) is 40.1 Å². The molecule has 2 N–H and O–H groups in total. The molecule has 0 atom stereocenters. The first-order chi connectivity index (χ1) is 16.2. The molecule has 7 nitrogen and oxygen atoms in total. The predicted molar refractivity (Wildman–Crippen MR) is 123 cm³/mol. The predicted octanol–water partition coefficient (Wildman–Crippen LogP) is 3.11. The van der Waals surface area contributed by atoms with E-state index in [0.717, 1.165) is 17.9 Å². The molecule has 2 amide bonds. The summed E-state index contributed by atoms with van der Waals surface area (Å²) in [5.74, 6) is 0.222. The van der Waals surface area contributed by atoms with E-state index >= 15 is 0 Å². The van der Waals surface area contributed by atoms with Gasteiger partial charge in [-0.05, 0) is 30.3 Å². The van der Waals surface area contributed by atoms with Gasteiger partial charge in [-0.2, -0.15) is 13.2 Å². The number of ether oxygens (including phenoxy) is 1. The Kier molecular flexibility index (Phi) is 9.14. The summed E-state index contributed by atoms with van der Waals surface area (Å²) in [6.07, 6.45) is -4.60. The third-order valence-electron chi connectivity index (χ3n) is 5.19. The van der Waals surface area contributed by atoms with E-state index in [9.17, 15) is 22.8 Å². The van der Waals surface area contributed by atoms with Crippen LogP contribution in [0.5, 0.6) is 5.75 Å². The fraction of sp³-hybridized carbons (Fsp3) is 0.391. The number of alkyl halides is 3.